The van der Waals surface area contributed by atoms with Crippen LogP contribution >= 0.6 is 11.6 Å². The molecular weight excluding hydrogens is 434 g/mol. The topological polar surface area (TPSA) is 101 Å². The fraction of sp³-hybridized carbons (Fsp3) is 0.261. The van der Waals surface area contributed by atoms with Crippen molar-refractivity contribution in [2.75, 3.05) is 0 Å². The van der Waals surface area contributed by atoms with Gasteiger partial charge in [-0.05, 0) is 44.0 Å². The van der Waals surface area contributed by atoms with Crippen molar-refractivity contribution in [1.29, 1.82) is 0 Å². The number of allylic oxidation sites excluding steroid dienone is 2. The van der Waals surface area contributed by atoms with Gasteiger partial charge in [-0.1, -0.05) is 41.4 Å². The number of nitro benzene ring substituents is 1. The van der Waals surface area contributed by atoms with E-state index < -0.39 is 34.5 Å². The quantitative estimate of drug-likeness (QED) is 0.293. The fourth-order valence-electron chi connectivity index (χ4n) is 4.22. The van der Waals surface area contributed by atoms with Gasteiger partial charge in [-0.25, -0.2) is 5.01 Å². The lowest BCUT2D eigenvalue weighted by Crippen LogP contribution is -2.49. The molecule has 0 spiro atoms. The molecule has 1 fully saturated rings. The summed E-state index contributed by atoms with van der Waals surface area (Å²) in [5, 5.41) is 13.8. The second-order valence-electron chi connectivity index (χ2n) is 7.95. The van der Waals surface area contributed by atoms with Crippen LogP contribution in [0.2, 0.25) is 5.02 Å². The van der Waals surface area contributed by atoms with Crippen LogP contribution in [0, 0.1) is 22.0 Å². The van der Waals surface area contributed by atoms with E-state index in [1.807, 2.05) is 13.0 Å². The summed E-state index contributed by atoms with van der Waals surface area (Å²) in [6.07, 6.45) is 2.80. The molecular formula is C23H20ClN3O5. The van der Waals surface area contributed by atoms with Gasteiger partial charge in [-0.15, -0.1) is 0 Å². The van der Waals surface area contributed by atoms with E-state index in [0.717, 1.165) is 15.6 Å². The number of halogens is 1. The molecule has 8 nitrogen and oxygen atoms in total. The Morgan fingerprint density at radius 3 is 2.47 bits per heavy atom. The third kappa shape index (κ3) is 3.89. The van der Waals surface area contributed by atoms with E-state index in [1.165, 1.54) is 42.5 Å². The molecule has 9 heteroatoms. The maximum Gasteiger partial charge on any atom is 0.274 e. The summed E-state index contributed by atoms with van der Waals surface area (Å²) in [4.78, 5) is 50.9. The maximum absolute atomic E-state index is 13.4. The first-order valence-corrected chi connectivity index (χ1v) is 10.5. The largest absolute Gasteiger partial charge is 0.274 e. The van der Waals surface area contributed by atoms with Crippen LogP contribution < -0.4 is 0 Å². The van der Waals surface area contributed by atoms with Gasteiger partial charge < -0.3 is 0 Å². The van der Waals surface area contributed by atoms with Crippen LogP contribution in [-0.2, 0) is 16.1 Å². The summed E-state index contributed by atoms with van der Waals surface area (Å²) in [7, 11) is 0. The molecule has 1 saturated heterocycles. The number of nitro groups is 1. The number of nitrogens with zero attached hydrogens (tertiary/aromatic N) is 3. The van der Waals surface area contributed by atoms with Crippen LogP contribution in [0.4, 0.5) is 5.69 Å². The van der Waals surface area contributed by atoms with Crippen LogP contribution in [-0.4, -0.2) is 32.7 Å². The monoisotopic (exact) mass is 453 g/mol. The third-order valence-corrected chi connectivity index (χ3v) is 6.13. The molecule has 2 aromatic rings. The molecule has 4 rings (SSSR count). The van der Waals surface area contributed by atoms with Crippen molar-refractivity contribution in [3.05, 3.63) is 86.4 Å². The zero-order valence-electron chi connectivity index (χ0n) is 17.2. The molecule has 2 aliphatic rings. The zero-order valence-corrected chi connectivity index (χ0v) is 18.0. The number of carbonyl (C=O) groups is 3. The van der Waals surface area contributed by atoms with Gasteiger partial charge >= 0.3 is 0 Å². The number of hydrogen-bond acceptors (Lipinski definition) is 5. The van der Waals surface area contributed by atoms with Crippen LogP contribution in [0.3, 0.4) is 0 Å². The second kappa shape index (κ2) is 8.55. The molecule has 0 unspecified atom stereocenters. The number of benzene rings is 2. The van der Waals surface area contributed by atoms with E-state index in [2.05, 4.69) is 0 Å². The molecule has 0 bridgehead atoms. The number of para-hydroxylation sites is 1. The Labute approximate surface area is 189 Å². The molecule has 0 radical (unpaired) electrons. The molecule has 0 aromatic heterocycles. The highest BCUT2D eigenvalue weighted by molar-refractivity contribution is 6.30. The van der Waals surface area contributed by atoms with Gasteiger partial charge in [0.25, 0.3) is 23.4 Å². The Morgan fingerprint density at radius 1 is 1.12 bits per heavy atom. The maximum atomic E-state index is 13.4. The van der Waals surface area contributed by atoms with Gasteiger partial charge in [0.2, 0.25) is 0 Å². The zero-order chi connectivity index (χ0) is 23.0. The fourth-order valence-corrected chi connectivity index (χ4v) is 4.34. The molecule has 2 aromatic carbocycles. The average molecular weight is 454 g/mol. The van der Waals surface area contributed by atoms with Crippen LogP contribution in [0.25, 0.3) is 0 Å². The molecule has 164 valence electrons. The summed E-state index contributed by atoms with van der Waals surface area (Å²) in [5.74, 6) is -2.64. The number of amides is 3. The van der Waals surface area contributed by atoms with E-state index in [0.29, 0.717) is 17.9 Å². The van der Waals surface area contributed by atoms with Gasteiger partial charge in [-0.2, -0.15) is 5.01 Å². The first kappa shape index (κ1) is 21.7. The summed E-state index contributed by atoms with van der Waals surface area (Å²) < 4.78 is 0. The minimum atomic E-state index is -0.621. The Bertz CT molecular complexity index is 1140. The van der Waals surface area contributed by atoms with E-state index in [1.54, 1.807) is 6.07 Å². The summed E-state index contributed by atoms with van der Waals surface area (Å²) >= 11 is 5.93. The Hall–Kier alpha value is -3.52. The molecule has 0 saturated carbocycles. The van der Waals surface area contributed by atoms with Crippen molar-refractivity contribution < 1.29 is 19.3 Å². The molecule has 2 atom stereocenters. The lowest BCUT2D eigenvalue weighted by Gasteiger charge is -2.30. The van der Waals surface area contributed by atoms with Crippen LogP contribution in [0.1, 0.15) is 35.7 Å². The Morgan fingerprint density at radius 2 is 1.78 bits per heavy atom. The van der Waals surface area contributed by atoms with Crippen molar-refractivity contribution >= 4 is 35.0 Å². The highest BCUT2D eigenvalue weighted by Crippen LogP contribution is 2.39. The summed E-state index contributed by atoms with van der Waals surface area (Å²) in [6.45, 7) is 1.60. The standard InChI is InChI=1S/C23H20ClN3O5/c1-14-6-11-18-19(12-14)23(30)26(22(18)29)25(21(28)15-7-9-17(24)10-8-15)13-16-4-2-3-5-20(16)27(31)32/h2-10,18-19H,11-13H2,1H3/t18-,19-/m1/s1. The number of fused-ring (bicyclic) bond motifs is 1. The summed E-state index contributed by atoms with van der Waals surface area (Å²) in [5.41, 5.74) is 1.24. The van der Waals surface area contributed by atoms with Crippen molar-refractivity contribution in [3.8, 4) is 0 Å². The molecule has 1 aliphatic heterocycles. The first-order valence-electron chi connectivity index (χ1n) is 10.1. The van der Waals surface area contributed by atoms with Gasteiger partial charge in [0.1, 0.15) is 0 Å². The van der Waals surface area contributed by atoms with E-state index in [9.17, 15) is 24.5 Å². The summed E-state index contributed by atoms with van der Waals surface area (Å²) in [6, 6.07) is 12.0. The van der Waals surface area contributed by atoms with E-state index in [-0.39, 0.29) is 23.4 Å². The van der Waals surface area contributed by atoms with E-state index in [4.69, 9.17) is 11.6 Å². The molecule has 3 amide bonds. The minimum Gasteiger partial charge on any atom is -0.272 e. The molecule has 1 aliphatic carbocycles. The van der Waals surface area contributed by atoms with Gasteiger partial charge in [0.05, 0.1) is 28.9 Å². The minimum absolute atomic E-state index is 0.199. The predicted molar refractivity (Wildman–Crippen MR) is 116 cm³/mol. The first-order chi connectivity index (χ1) is 15.3. The smallest absolute Gasteiger partial charge is 0.272 e. The Balaban J connectivity index is 1.75. The van der Waals surface area contributed by atoms with E-state index >= 15 is 0 Å². The SMILES string of the molecule is CC1=CC[C@H]2C(=O)N(N(Cc3ccccc3[N+](=O)[O-])C(=O)c3ccc(Cl)cc3)C(=O)[C@@H]2C1. The van der Waals surface area contributed by atoms with Crippen LogP contribution in [0.5, 0.6) is 0 Å². The highest BCUT2D eigenvalue weighted by atomic mass is 35.5. The lowest BCUT2D eigenvalue weighted by atomic mass is 9.82. The van der Waals surface area contributed by atoms with Crippen molar-refractivity contribution in [2.45, 2.75) is 26.3 Å². The Kier molecular flexibility index (Phi) is 5.80. The predicted octanol–water partition coefficient (Wildman–Crippen LogP) is 4.15. The molecule has 1 heterocycles. The number of rotatable bonds is 5. The normalized spacial score (nSPS) is 20.1. The molecule has 0 N–H and O–H groups in total. The van der Waals surface area contributed by atoms with Gasteiger partial charge in [0, 0.05) is 16.7 Å². The average Bonchev–Trinajstić information content (AvgIpc) is 3.01. The lowest BCUT2D eigenvalue weighted by molar-refractivity contribution is -0.385. The number of hydrazine groups is 1. The second-order valence-corrected chi connectivity index (χ2v) is 8.38. The van der Waals surface area contributed by atoms with Gasteiger partial charge in [-0.3, -0.25) is 24.5 Å². The number of imide groups is 1. The van der Waals surface area contributed by atoms with Crippen LogP contribution in [0.15, 0.2) is 60.2 Å². The van der Waals surface area contributed by atoms with Crippen molar-refractivity contribution in [2.24, 2.45) is 11.8 Å². The van der Waals surface area contributed by atoms with Gasteiger partial charge in [0.15, 0.2) is 0 Å². The highest BCUT2D eigenvalue weighted by Gasteiger charge is 2.51. The molecule has 32 heavy (non-hydrogen) atoms. The third-order valence-electron chi connectivity index (χ3n) is 5.88. The number of hydrogen-bond donors (Lipinski definition) is 0. The van der Waals surface area contributed by atoms with Crippen molar-refractivity contribution in [3.63, 3.8) is 0 Å². The number of carbonyl (C=O) groups excluding carboxylic acids is 3. The van der Waals surface area contributed by atoms with Crippen molar-refractivity contribution in [1.82, 2.24) is 10.0 Å².